The first kappa shape index (κ1) is 25.7. The molecule has 2 atom stereocenters. The zero-order chi connectivity index (χ0) is 20.1. The third-order valence-corrected chi connectivity index (χ3v) is 6.07. The first-order valence-electron chi connectivity index (χ1n) is 8.36. The van der Waals surface area contributed by atoms with Crippen molar-refractivity contribution < 1.29 is 18.7 Å². The van der Waals surface area contributed by atoms with Gasteiger partial charge in [-0.05, 0) is 66.0 Å². The number of quaternary nitrogens is 2. The normalized spacial score (nSPS) is 17.7. The molecule has 0 saturated heterocycles. The zero-order valence-corrected chi connectivity index (χ0v) is 20.2. The highest BCUT2D eigenvalue weighted by Crippen LogP contribution is 2.24. The van der Waals surface area contributed by atoms with Gasteiger partial charge >= 0.3 is 0 Å². The Balaban J connectivity index is 6.08. The molecule has 0 saturated carbocycles. The van der Waals surface area contributed by atoms with Crippen molar-refractivity contribution >= 4 is 58.3 Å². The minimum atomic E-state index is -0.395. The molecule has 25 heavy (non-hydrogen) atoms. The molecule has 0 radical (unpaired) electrons. The fourth-order valence-electron chi connectivity index (χ4n) is 2.72. The monoisotopic (exact) mass is 429 g/mol. The van der Waals surface area contributed by atoms with E-state index >= 15 is 0 Å². The lowest BCUT2D eigenvalue weighted by atomic mass is 10.1. The summed E-state index contributed by atoms with van der Waals surface area (Å²) in [5.74, 6) is 0. The van der Waals surface area contributed by atoms with Gasteiger partial charge in [-0.2, -0.15) is 9.18 Å². The van der Waals surface area contributed by atoms with Crippen LogP contribution in [0.1, 0.15) is 41.5 Å². The number of ether oxygens (including phenoxy) is 2. The molecule has 0 aliphatic heterocycles. The molecule has 9 heteroatoms. The minimum absolute atomic E-state index is 0.271. The number of thiol groups is 2. The smallest absolute Gasteiger partial charge is 0.254 e. The summed E-state index contributed by atoms with van der Waals surface area (Å²) in [5.41, 5.74) is 2.85. The summed E-state index contributed by atoms with van der Waals surface area (Å²) in [6, 6.07) is 0. The fraction of sp³-hybridized carbons (Fsp3) is 0.875. The standard InChI is InChI=1S/C16H33N3O2S4/c1-9-18(13(22)23,11-15(3,4)20-7)17-19(10-2,14(24)25)12-16(5,6)21-8/h17H,9-12H2,1-8H3/p+2. The summed E-state index contributed by atoms with van der Waals surface area (Å²) in [4.78, 5) is 0. The van der Waals surface area contributed by atoms with Gasteiger partial charge in [0.2, 0.25) is 0 Å². The molecule has 0 heterocycles. The molecule has 2 unspecified atom stereocenters. The van der Waals surface area contributed by atoms with Gasteiger partial charge in [-0.3, -0.25) is 0 Å². The van der Waals surface area contributed by atoms with Crippen molar-refractivity contribution in [1.29, 1.82) is 0 Å². The van der Waals surface area contributed by atoms with Crippen molar-refractivity contribution in [3.63, 3.8) is 0 Å². The summed E-state index contributed by atoms with van der Waals surface area (Å²) < 4.78 is 12.9. The van der Waals surface area contributed by atoms with Gasteiger partial charge in [0.1, 0.15) is 37.4 Å². The van der Waals surface area contributed by atoms with Crippen molar-refractivity contribution in [3.05, 3.63) is 0 Å². The van der Waals surface area contributed by atoms with E-state index in [4.69, 9.17) is 33.9 Å². The van der Waals surface area contributed by atoms with Gasteiger partial charge in [0.25, 0.3) is 8.64 Å². The van der Waals surface area contributed by atoms with Crippen LogP contribution in [0.25, 0.3) is 0 Å². The Morgan fingerprint density at radius 1 is 0.840 bits per heavy atom. The predicted octanol–water partition coefficient (Wildman–Crippen LogP) is 3.36. The number of nitrogens with zero attached hydrogens (tertiary/aromatic N) is 2. The zero-order valence-electron chi connectivity index (χ0n) is 16.8. The Kier molecular flexibility index (Phi) is 10.0. The van der Waals surface area contributed by atoms with Crippen LogP contribution in [-0.2, 0) is 9.47 Å². The maximum Gasteiger partial charge on any atom is 0.254 e. The lowest BCUT2D eigenvalue weighted by Crippen LogP contribution is -2.77. The van der Waals surface area contributed by atoms with Gasteiger partial charge in [-0.1, -0.05) is 25.3 Å². The number of methoxy groups -OCH3 is 2. The highest BCUT2D eigenvalue weighted by Gasteiger charge is 2.48. The van der Waals surface area contributed by atoms with Gasteiger partial charge in [0, 0.05) is 19.8 Å². The van der Waals surface area contributed by atoms with Crippen LogP contribution in [0.15, 0.2) is 0 Å². The van der Waals surface area contributed by atoms with E-state index in [9.17, 15) is 0 Å². The van der Waals surface area contributed by atoms with E-state index in [0.717, 1.165) is 0 Å². The Bertz CT molecular complexity index is 446. The molecule has 148 valence electrons. The molecule has 0 aromatic heterocycles. The molecule has 0 aliphatic carbocycles. The molecule has 5 nitrogen and oxygen atoms in total. The molecule has 0 aliphatic rings. The average Bonchev–Trinajstić information content (AvgIpc) is 2.52. The summed E-state index contributed by atoms with van der Waals surface area (Å²) in [6.07, 6.45) is 0. The maximum atomic E-state index is 5.64. The van der Waals surface area contributed by atoms with E-state index in [-0.39, 0.29) is 9.18 Å². The summed E-state index contributed by atoms with van der Waals surface area (Å²) >= 11 is 20.1. The van der Waals surface area contributed by atoms with E-state index in [1.807, 2.05) is 27.7 Å². The third-order valence-electron chi connectivity index (χ3n) is 4.60. The molecule has 0 aromatic carbocycles. The average molecular weight is 430 g/mol. The van der Waals surface area contributed by atoms with Crippen LogP contribution in [0.3, 0.4) is 0 Å². The van der Waals surface area contributed by atoms with Crippen LogP contribution in [-0.4, -0.2) is 69.4 Å². The topological polar surface area (TPSA) is 30.5 Å². The van der Waals surface area contributed by atoms with E-state index in [1.165, 1.54) is 0 Å². The van der Waals surface area contributed by atoms with Gasteiger partial charge in [0.05, 0.1) is 0 Å². The minimum Gasteiger partial charge on any atom is -0.373 e. The molecule has 0 spiro atoms. The second-order valence-electron chi connectivity index (χ2n) is 7.48. The maximum absolute atomic E-state index is 5.64. The van der Waals surface area contributed by atoms with Crippen LogP contribution in [0.5, 0.6) is 0 Å². The first-order valence-corrected chi connectivity index (χ1v) is 10.1. The van der Waals surface area contributed by atoms with Gasteiger partial charge in [0.15, 0.2) is 0 Å². The number of likely N-dealkylation sites (N-methyl/N-ethyl adjacent to an activating group) is 2. The van der Waals surface area contributed by atoms with Crippen molar-refractivity contribution in [1.82, 2.24) is 5.53 Å². The lowest BCUT2D eigenvalue weighted by molar-refractivity contribution is -1.09. The SMILES string of the molecule is CC[N+](CC(C)(C)OC)(N[N+](CC)(CC(C)(C)OC)C(=S)S)C(=S)S. The summed E-state index contributed by atoms with van der Waals surface area (Å²) in [7, 11) is 3.40. The molecule has 1 N–H and O–H groups in total. The Morgan fingerprint density at radius 3 is 1.28 bits per heavy atom. The van der Waals surface area contributed by atoms with Gasteiger partial charge in [-0.25, -0.2) is 0 Å². The van der Waals surface area contributed by atoms with Gasteiger partial charge in [-0.15, -0.1) is 0 Å². The van der Waals surface area contributed by atoms with Crippen LogP contribution < -0.4 is 5.53 Å². The molecule has 0 fully saturated rings. The Labute approximate surface area is 175 Å². The third kappa shape index (κ3) is 6.97. The largest absolute Gasteiger partial charge is 0.373 e. The Hall–Kier alpha value is 0.680. The molecule has 0 aromatic rings. The highest BCUT2D eigenvalue weighted by molar-refractivity contribution is 8.10. The van der Waals surface area contributed by atoms with Crippen LogP contribution in [0.2, 0.25) is 0 Å². The van der Waals surface area contributed by atoms with E-state index in [0.29, 0.717) is 34.8 Å². The van der Waals surface area contributed by atoms with E-state index < -0.39 is 11.2 Å². The highest BCUT2D eigenvalue weighted by atomic mass is 32.1. The molecule has 0 rings (SSSR count). The van der Waals surface area contributed by atoms with Crippen molar-refractivity contribution in [3.8, 4) is 0 Å². The van der Waals surface area contributed by atoms with Gasteiger partial charge < -0.3 is 9.47 Å². The first-order chi connectivity index (χ1) is 11.3. The second kappa shape index (κ2) is 9.75. The molecular weight excluding hydrogens is 394 g/mol. The van der Waals surface area contributed by atoms with Crippen molar-refractivity contribution in [2.45, 2.75) is 52.7 Å². The number of thiocarbonyl (C=S) groups is 2. The quantitative estimate of drug-likeness (QED) is 0.215. The van der Waals surface area contributed by atoms with Crippen molar-refractivity contribution in [2.24, 2.45) is 0 Å². The second-order valence-corrected chi connectivity index (χ2v) is 9.70. The molecule has 0 amide bonds. The van der Waals surface area contributed by atoms with Crippen LogP contribution >= 0.6 is 49.7 Å². The predicted molar refractivity (Wildman–Crippen MR) is 120 cm³/mol. The molecular formula is C16H35N3O2S4+2. The van der Waals surface area contributed by atoms with Crippen LogP contribution in [0.4, 0.5) is 0 Å². The Morgan fingerprint density at radius 2 is 1.12 bits per heavy atom. The number of hydrogen-bond acceptors (Lipinski definition) is 5. The van der Waals surface area contributed by atoms with E-state index in [1.54, 1.807) is 14.2 Å². The fourth-order valence-corrected chi connectivity index (χ4v) is 3.71. The lowest BCUT2D eigenvalue weighted by Gasteiger charge is -2.47. The summed E-state index contributed by atoms with van der Waals surface area (Å²) in [5, 5.41) is 0. The number of rotatable bonds is 10. The van der Waals surface area contributed by atoms with Crippen LogP contribution in [0, 0.1) is 0 Å². The number of nitrogens with one attached hydrogen (secondary N) is 1. The molecule has 0 bridgehead atoms. The summed E-state index contributed by atoms with van der Waals surface area (Å²) in [6.45, 7) is 14.8. The van der Waals surface area contributed by atoms with E-state index in [2.05, 4.69) is 44.6 Å². The number of hydrogen-bond donors (Lipinski definition) is 3. The van der Waals surface area contributed by atoms with Crippen molar-refractivity contribution in [2.75, 3.05) is 40.4 Å².